The first kappa shape index (κ1) is 73.5. The van der Waals surface area contributed by atoms with Gasteiger partial charge in [-0.1, -0.05) is 182 Å². The molecule has 0 amide bonds. The molecule has 15 heteroatoms. The zero-order chi connectivity index (χ0) is 80.2. The summed E-state index contributed by atoms with van der Waals surface area (Å²) in [6.07, 6.45) is 10.7. The van der Waals surface area contributed by atoms with E-state index in [2.05, 4.69) is 169 Å². The lowest BCUT2D eigenvalue weighted by atomic mass is 9.96. The van der Waals surface area contributed by atoms with Gasteiger partial charge in [-0.05, 0) is 211 Å². The molecule has 0 aliphatic rings. The van der Waals surface area contributed by atoms with Crippen LogP contribution < -0.4 is 0 Å². The highest BCUT2D eigenvalue weighted by molar-refractivity contribution is 5.84. The van der Waals surface area contributed by atoms with Gasteiger partial charge < -0.3 is 0 Å². The first-order chi connectivity index (χ1) is 59.4. The van der Waals surface area contributed by atoms with E-state index < -0.39 is 0 Å². The Morgan fingerprint density at radius 2 is 0.275 bits per heavy atom. The fourth-order valence-electron chi connectivity index (χ4n) is 14.4. The average molecular weight is 1540 g/mol. The molecule has 20 aromatic rings. The molecule has 0 saturated heterocycles. The highest BCUT2D eigenvalue weighted by Crippen LogP contribution is 2.39. The zero-order valence-corrected chi connectivity index (χ0v) is 64.5. The van der Waals surface area contributed by atoms with Gasteiger partial charge in [0, 0.05) is 98.4 Å². The molecule has 0 radical (unpaired) electrons. The molecule has 0 aliphatic heterocycles. The number of rotatable bonds is 18. The molecule has 120 heavy (non-hydrogen) atoms. The Bertz CT molecular complexity index is 5930. The average Bonchev–Trinajstić information content (AvgIpc) is 0.785. The highest BCUT2D eigenvalue weighted by Gasteiger charge is 2.19. The van der Waals surface area contributed by atoms with Crippen molar-refractivity contribution in [1.82, 2.24) is 74.8 Å². The topological polar surface area (TPSA) is 193 Å². The molecular formula is C105H69N15. The lowest BCUT2D eigenvalue weighted by molar-refractivity contribution is 1.18. The van der Waals surface area contributed by atoms with Gasteiger partial charge in [0.15, 0.2) is 5.82 Å². The molecule has 0 atom stereocenters. The second-order valence-corrected chi connectivity index (χ2v) is 28.3. The predicted molar refractivity (Wildman–Crippen MR) is 478 cm³/mol. The van der Waals surface area contributed by atoms with E-state index in [1.807, 2.05) is 243 Å². The Labute approximate surface area is 693 Å². The highest BCUT2D eigenvalue weighted by atomic mass is 14.9. The minimum atomic E-state index is 0.589. The van der Waals surface area contributed by atoms with Crippen LogP contribution in [0, 0.1) is 0 Å². The van der Waals surface area contributed by atoms with Gasteiger partial charge in [0.25, 0.3) is 0 Å². The monoisotopic (exact) mass is 1540 g/mol. The summed E-state index contributed by atoms with van der Waals surface area (Å²) in [4.78, 5) is 72.9. The Hall–Kier alpha value is -16.7. The van der Waals surface area contributed by atoms with Crippen molar-refractivity contribution in [2.75, 3.05) is 0 Å². The SMILES string of the molecule is c1ccc(-c2cccc(-c3cccc(-c4cc(-c5cccc(-c6cccc(-c7ccccn7)n6)c5)nc(-c5cccc(-c6cccc(-c7ccccn7)n6)c5)c4)c3)n2)nc1.c1ccc(-c2cccc(-c3cccc(-c4cc(-c5cccc(-c6cccc(-c7ccccn7)n6)c5)nc(-c5cccc(-c6cccc(-c7ccccn7)n6)c5)n4)c3)n2)nc1. The van der Waals surface area contributed by atoms with Crippen LogP contribution in [0.25, 0.3) is 203 Å². The summed E-state index contributed by atoms with van der Waals surface area (Å²) in [7, 11) is 0. The minimum absolute atomic E-state index is 0.589. The largest absolute Gasteiger partial charge is 0.255 e. The van der Waals surface area contributed by atoms with Crippen LogP contribution in [0.2, 0.25) is 0 Å². The summed E-state index contributed by atoms with van der Waals surface area (Å²) in [5, 5.41) is 0. The minimum Gasteiger partial charge on any atom is -0.255 e. The lowest BCUT2D eigenvalue weighted by Crippen LogP contribution is -1.97. The molecular weight excluding hydrogens is 1470 g/mol. The molecule has 20 rings (SSSR count). The molecule has 0 unspecified atom stereocenters. The van der Waals surface area contributed by atoms with E-state index in [0.29, 0.717) is 5.82 Å². The van der Waals surface area contributed by atoms with Crippen LogP contribution in [0.5, 0.6) is 0 Å². The Kier molecular flexibility index (Phi) is 20.9. The van der Waals surface area contributed by atoms with Crippen molar-refractivity contribution in [2.45, 2.75) is 0 Å². The maximum Gasteiger partial charge on any atom is 0.160 e. The first-order valence-electron chi connectivity index (χ1n) is 39.3. The van der Waals surface area contributed by atoms with E-state index >= 15 is 0 Å². The van der Waals surface area contributed by atoms with Gasteiger partial charge in [-0.3, -0.25) is 29.9 Å². The predicted octanol–water partition coefficient (Wildman–Crippen LogP) is 24.3. The zero-order valence-electron chi connectivity index (χ0n) is 64.5. The molecule has 6 aromatic carbocycles. The maximum atomic E-state index is 5.34. The Balaban J connectivity index is 0.000000159. The van der Waals surface area contributed by atoms with Crippen molar-refractivity contribution in [2.24, 2.45) is 0 Å². The van der Waals surface area contributed by atoms with Crippen LogP contribution in [0.3, 0.4) is 0 Å². The van der Waals surface area contributed by atoms with Gasteiger partial charge in [0.1, 0.15) is 0 Å². The van der Waals surface area contributed by atoms with Crippen molar-refractivity contribution < 1.29 is 0 Å². The second kappa shape index (κ2) is 34.2. The van der Waals surface area contributed by atoms with E-state index in [9.17, 15) is 0 Å². The molecule has 0 N–H and O–H groups in total. The lowest BCUT2D eigenvalue weighted by Gasteiger charge is -2.13. The molecule has 14 heterocycles. The third-order valence-corrected chi connectivity index (χ3v) is 20.3. The van der Waals surface area contributed by atoms with Gasteiger partial charge >= 0.3 is 0 Å². The Morgan fingerprint density at radius 3 is 0.517 bits per heavy atom. The summed E-state index contributed by atoms with van der Waals surface area (Å²) >= 11 is 0. The number of nitrogens with zero attached hydrogens (tertiary/aromatic N) is 15. The molecule has 0 aliphatic carbocycles. The molecule has 15 nitrogen and oxygen atoms in total. The standard InChI is InChI=1S/C53H35N7.C52H34N8/c1-4-28-54-46(19-1)49-25-10-22-43(57-49)37-14-7-13-36(31-37)42-34-52(40-17-8-15-38(32-40)44-23-11-26-50(58-44)47-20-2-5-29-55-47)60-53(35-42)41-18-9-16-39(33-41)45-24-12-27-51(59-45)48-21-3-6-30-56-48;1-4-28-53-44(19-1)47-25-10-22-41(56-47)35-13-7-16-38(31-35)50-34-51(39-17-8-14-36(32-39)42-23-11-26-48(57-42)45-20-2-5-29-54-45)60-52(59-50)40-18-9-15-37(33-40)43-24-12-27-49(58-43)46-21-3-6-30-55-46/h1-35H;1-34H. The summed E-state index contributed by atoms with van der Waals surface area (Å²) < 4.78 is 0. The van der Waals surface area contributed by atoms with Crippen molar-refractivity contribution in [3.05, 3.63) is 419 Å². The summed E-state index contributed by atoms with van der Waals surface area (Å²) in [5.74, 6) is 0.589. The second-order valence-electron chi connectivity index (χ2n) is 28.3. The molecule has 0 bridgehead atoms. The fraction of sp³-hybridized carbons (Fsp3) is 0. The van der Waals surface area contributed by atoms with E-state index in [4.69, 9.17) is 44.9 Å². The van der Waals surface area contributed by atoms with Crippen LogP contribution in [-0.2, 0) is 0 Å². The van der Waals surface area contributed by atoms with E-state index in [1.54, 1.807) is 37.2 Å². The third kappa shape index (κ3) is 16.7. The normalized spacial score (nSPS) is 11.0. The van der Waals surface area contributed by atoms with Crippen LogP contribution in [-0.4, -0.2) is 74.8 Å². The molecule has 0 spiro atoms. The van der Waals surface area contributed by atoms with Crippen molar-refractivity contribution >= 4 is 0 Å². The van der Waals surface area contributed by atoms with Crippen molar-refractivity contribution in [3.8, 4) is 203 Å². The van der Waals surface area contributed by atoms with E-state index in [0.717, 1.165) is 198 Å². The van der Waals surface area contributed by atoms with Crippen LogP contribution in [0.4, 0.5) is 0 Å². The molecule has 0 saturated carbocycles. The van der Waals surface area contributed by atoms with Crippen LogP contribution in [0.1, 0.15) is 0 Å². The van der Waals surface area contributed by atoms with Gasteiger partial charge in [-0.15, -0.1) is 0 Å². The first-order valence-corrected chi connectivity index (χ1v) is 39.3. The number of benzene rings is 6. The molecule has 14 aromatic heterocycles. The van der Waals surface area contributed by atoms with Crippen molar-refractivity contribution in [1.29, 1.82) is 0 Å². The third-order valence-electron chi connectivity index (χ3n) is 20.3. The Morgan fingerprint density at radius 1 is 0.100 bits per heavy atom. The number of aromatic nitrogens is 15. The number of hydrogen-bond donors (Lipinski definition) is 0. The van der Waals surface area contributed by atoms with E-state index in [1.165, 1.54) is 0 Å². The van der Waals surface area contributed by atoms with Gasteiger partial charge in [-0.2, -0.15) is 0 Å². The molecule has 564 valence electrons. The van der Waals surface area contributed by atoms with E-state index in [-0.39, 0.29) is 0 Å². The number of hydrogen-bond acceptors (Lipinski definition) is 15. The molecule has 0 fully saturated rings. The maximum absolute atomic E-state index is 5.34. The van der Waals surface area contributed by atoms with Crippen molar-refractivity contribution in [3.63, 3.8) is 0 Å². The summed E-state index contributed by atoms with van der Waals surface area (Å²) in [6, 6.07) is 128. The van der Waals surface area contributed by atoms with Gasteiger partial charge in [0.2, 0.25) is 0 Å². The summed E-state index contributed by atoms with van der Waals surface area (Å²) in [6.45, 7) is 0. The summed E-state index contributed by atoms with van der Waals surface area (Å²) in [5.41, 5.74) is 30.8. The van der Waals surface area contributed by atoms with Gasteiger partial charge in [-0.25, -0.2) is 44.9 Å². The smallest absolute Gasteiger partial charge is 0.160 e. The fourth-order valence-corrected chi connectivity index (χ4v) is 14.4. The van der Waals surface area contributed by atoms with Crippen LogP contribution in [0.15, 0.2) is 419 Å². The number of pyridine rings is 13. The quantitative estimate of drug-likeness (QED) is 0.0787. The van der Waals surface area contributed by atoms with Gasteiger partial charge in [0.05, 0.1) is 125 Å². The van der Waals surface area contributed by atoms with Crippen LogP contribution >= 0.6 is 0 Å².